The number of carbonyl (C=O) groups is 1. The first-order chi connectivity index (χ1) is 15.2. The van der Waals surface area contributed by atoms with Crippen LogP contribution in [0.5, 0.6) is 5.75 Å². The van der Waals surface area contributed by atoms with Crippen LogP contribution in [0.15, 0.2) is 60.9 Å². The van der Waals surface area contributed by atoms with E-state index in [1.165, 1.54) is 12.7 Å². The highest BCUT2D eigenvalue weighted by atomic mass is 16.5. The first kappa shape index (κ1) is 20.7. The standard InChI is InChI=1S/C24H27N5O2/c1-31-21-12-6-11-20(14-21)28-23-15-22(25-16-26-23)27-18-9-5-10-19(13-18)29-24(30)17-7-3-2-4-8-17/h5-6,9-17H,2-4,7-8H2,1H3,(H,29,30)(H2,25,26,27,28). The zero-order valence-corrected chi connectivity index (χ0v) is 17.6. The Morgan fingerprint density at radius 3 is 2.23 bits per heavy atom. The Labute approximate surface area is 182 Å². The molecular formula is C24H27N5O2. The van der Waals surface area contributed by atoms with Crippen molar-refractivity contribution < 1.29 is 9.53 Å². The van der Waals surface area contributed by atoms with Crippen LogP contribution in [0.1, 0.15) is 32.1 Å². The van der Waals surface area contributed by atoms with Gasteiger partial charge in [0.15, 0.2) is 0 Å². The summed E-state index contributed by atoms with van der Waals surface area (Å²) in [6.07, 6.45) is 6.97. The summed E-state index contributed by atoms with van der Waals surface area (Å²) in [6, 6.07) is 17.1. The number of nitrogens with zero attached hydrogens (tertiary/aromatic N) is 2. The first-order valence-corrected chi connectivity index (χ1v) is 10.6. The second kappa shape index (κ2) is 9.93. The van der Waals surface area contributed by atoms with Gasteiger partial charge in [-0.15, -0.1) is 0 Å². The Bertz CT molecular complexity index is 1030. The molecule has 2 aromatic carbocycles. The smallest absolute Gasteiger partial charge is 0.227 e. The molecule has 1 aromatic heterocycles. The number of amides is 1. The van der Waals surface area contributed by atoms with E-state index in [4.69, 9.17) is 4.74 Å². The molecule has 1 saturated carbocycles. The van der Waals surface area contributed by atoms with Gasteiger partial charge < -0.3 is 20.7 Å². The zero-order chi connectivity index (χ0) is 21.5. The highest BCUT2D eigenvalue weighted by Gasteiger charge is 2.21. The number of methoxy groups -OCH3 is 1. The van der Waals surface area contributed by atoms with Gasteiger partial charge >= 0.3 is 0 Å². The minimum Gasteiger partial charge on any atom is -0.497 e. The Morgan fingerprint density at radius 1 is 0.871 bits per heavy atom. The van der Waals surface area contributed by atoms with Crippen LogP contribution in [0, 0.1) is 5.92 Å². The minimum absolute atomic E-state index is 0.115. The van der Waals surface area contributed by atoms with Gasteiger partial charge in [-0.1, -0.05) is 31.4 Å². The number of anilines is 5. The molecular weight excluding hydrogens is 390 g/mol. The molecule has 0 spiro atoms. The third kappa shape index (κ3) is 5.72. The summed E-state index contributed by atoms with van der Waals surface area (Å²) in [6.45, 7) is 0. The molecule has 0 radical (unpaired) electrons. The minimum atomic E-state index is 0.115. The maximum absolute atomic E-state index is 12.5. The van der Waals surface area contributed by atoms with Crippen LogP contribution in [0.2, 0.25) is 0 Å². The summed E-state index contributed by atoms with van der Waals surface area (Å²) < 4.78 is 5.26. The number of benzene rings is 2. The van der Waals surface area contributed by atoms with Gasteiger partial charge in [-0.05, 0) is 43.2 Å². The highest BCUT2D eigenvalue weighted by Crippen LogP contribution is 2.26. The SMILES string of the molecule is COc1cccc(Nc2cc(Nc3cccc(NC(=O)C4CCCCC4)c3)ncn2)c1. The van der Waals surface area contributed by atoms with Crippen LogP contribution in [0.4, 0.5) is 28.7 Å². The maximum Gasteiger partial charge on any atom is 0.227 e. The van der Waals surface area contributed by atoms with E-state index in [2.05, 4.69) is 25.9 Å². The molecule has 3 N–H and O–H groups in total. The number of hydrogen-bond donors (Lipinski definition) is 3. The average Bonchev–Trinajstić information content (AvgIpc) is 2.80. The molecule has 160 valence electrons. The molecule has 3 aromatic rings. The lowest BCUT2D eigenvalue weighted by atomic mass is 9.88. The van der Waals surface area contributed by atoms with Gasteiger partial charge in [0.25, 0.3) is 0 Å². The van der Waals surface area contributed by atoms with Gasteiger partial charge in [0.1, 0.15) is 23.7 Å². The van der Waals surface area contributed by atoms with Crippen LogP contribution in [-0.4, -0.2) is 23.0 Å². The summed E-state index contributed by atoms with van der Waals surface area (Å²) >= 11 is 0. The molecule has 4 rings (SSSR count). The second-order valence-electron chi connectivity index (χ2n) is 7.68. The van der Waals surface area contributed by atoms with E-state index in [1.54, 1.807) is 7.11 Å². The zero-order valence-electron chi connectivity index (χ0n) is 17.6. The number of nitrogens with one attached hydrogen (secondary N) is 3. The molecule has 1 heterocycles. The van der Waals surface area contributed by atoms with Gasteiger partial charge in [-0.3, -0.25) is 4.79 Å². The molecule has 7 heteroatoms. The Hall–Kier alpha value is -3.61. The van der Waals surface area contributed by atoms with E-state index in [-0.39, 0.29) is 11.8 Å². The number of rotatable bonds is 7. The second-order valence-corrected chi connectivity index (χ2v) is 7.68. The van der Waals surface area contributed by atoms with Crippen molar-refractivity contribution in [3.8, 4) is 5.75 Å². The predicted octanol–water partition coefficient (Wildman–Crippen LogP) is 5.49. The summed E-state index contributed by atoms with van der Waals surface area (Å²) in [4.78, 5) is 21.1. The molecule has 0 saturated heterocycles. The number of aromatic nitrogens is 2. The van der Waals surface area contributed by atoms with Crippen molar-refractivity contribution in [1.29, 1.82) is 0 Å². The molecule has 7 nitrogen and oxygen atoms in total. The van der Waals surface area contributed by atoms with E-state index in [9.17, 15) is 4.79 Å². The van der Waals surface area contributed by atoms with Crippen molar-refractivity contribution in [1.82, 2.24) is 9.97 Å². The normalized spacial score (nSPS) is 14.0. The van der Waals surface area contributed by atoms with Crippen molar-refractivity contribution in [2.75, 3.05) is 23.1 Å². The maximum atomic E-state index is 12.5. The first-order valence-electron chi connectivity index (χ1n) is 10.6. The van der Waals surface area contributed by atoms with Gasteiger partial charge in [-0.2, -0.15) is 0 Å². The quantitative estimate of drug-likeness (QED) is 0.471. The van der Waals surface area contributed by atoms with E-state index in [1.807, 2.05) is 54.6 Å². The number of carbonyl (C=O) groups excluding carboxylic acids is 1. The third-order valence-corrected chi connectivity index (χ3v) is 5.39. The van der Waals surface area contributed by atoms with E-state index >= 15 is 0 Å². The molecule has 1 fully saturated rings. The van der Waals surface area contributed by atoms with Gasteiger partial charge in [0.05, 0.1) is 7.11 Å². The van der Waals surface area contributed by atoms with Crippen molar-refractivity contribution in [3.63, 3.8) is 0 Å². The molecule has 0 atom stereocenters. The van der Waals surface area contributed by atoms with Gasteiger partial charge in [0, 0.05) is 35.1 Å². The summed E-state index contributed by atoms with van der Waals surface area (Å²) in [7, 11) is 1.64. The number of ether oxygens (including phenoxy) is 1. The Kier molecular flexibility index (Phi) is 6.62. The third-order valence-electron chi connectivity index (χ3n) is 5.39. The lowest BCUT2D eigenvalue weighted by molar-refractivity contribution is -0.120. The molecule has 0 bridgehead atoms. The summed E-state index contributed by atoms with van der Waals surface area (Å²) in [5, 5.41) is 9.59. The van der Waals surface area contributed by atoms with Gasteiger partial charge in [0.2, 0.25) is 5.91 Å². The molecule has 0 unspecified atom stereocenters. The fourth-order valence-electron chi connectivity index (χ4n) is 3.77. The van der Waals surface area contributed by atoms with Crippen molar-refractivity contribution >= 4 is 34.6 Å². The van der Waals surface area contributed by atoms with Crippen molar-refractivity contribution in [3.05, 3.63) is 60.9 Å². The highest BCUT2D eigenvalue weighted by molar-refractivity contribution is 5.93. The lowest BCUT2D eigenvalue weighted by Crippen LogP contribution is -2.24. The lowest BCUT2D eigenvalue weighted by Gasteiger charge is -2.20. The van der Waals surface area contributed by atoms with Crippen molar-refractivity contribution in [2.24, 2.45) is 5.92 Å². The van der Waals surface area contributed by atoms with Crippen molar-refractivity contribution in [2.45, 2.75) is 32.1 Å². The van der Waals surface area contributed by atoms with E-state index in [0.717, 1.165) is 48.5 Å². The van der Waals surface area contributed by atoms with Crippen LogP contribution >= 0.6 is 0 Å². The van der Waals surface area contributed by atoms with E-state index in [0.29, 0.717) is 11.6 Å². The van der Waals surface area contributed by atoms with Gasteiger partial charge in [-0.25, -0.2) is 9.97 Å². The fraction of sp³-hybridized carbons (Fsp3) is 0.292. The predicted molar refractivity (Wildman–Crippen MR) is 123 cm³/mol. The summed E-state index contributed by atoms with van der Waals surface area (Å²) in [5.41, 5.74) is 2.49. The van der Waals surface area contributed by atoms with Crippen LogP contribution in [0.3, 0.4) is 0 Å². The molecule has 1 amide bonds. The number of hydrogen-bond acceptors (Lipinski definition) is 6. The monoisotopic (exact) mass is 417 g/mol. The Morgan fingerprint density at radius 2 is 1.52 bits per heavy atom. The van der Waals surface area contributed by atoms with E-state index < -0.39 is 0 Å². The summed E-state index contributed by atoms with van der Waals surface area (Å²) in [5.74, 6) is 2.31. The van der Waals surface area contributed by atoms with Crippen LogP contribution in [0.25, 0.3) is 0 Å². The van der Waals surface area contributed by atoms with Crippen LogP contribution in [-0.2, 0) is 4.79 Å². The topological polar surface area (TPSA) is 88.2 Å². The van der Waals surface area contributed by atoms with Crippen LogP contribution < -0.4 is 20.7 Å². The molecule has 31 heavy (non-hydrogen) atoms. The average molecular weight is 418 g/mol. The Balaban J connectivity index is 1.41. The largest absolute Gasteiger partial charge is 0.497 e. The molecule has 0 aliphatic heterocycles. The molecule has 1 aliphatic rings. The fourth-order valence-corrected chi connectivity index (χ4v) is 3.77. The molecule has 1 aliphatic carbocycles.